The maximum Gasteiger partial charge on any atom is 0.254 e. The molecule has 1 aliphatic heterocycles. The number of piperazine rings is 1. The van der Waals surface area contributed by atoms with Crippen LogP contribution in [0.1, 0.15) is 10.4 Å². The molecule has 1 saturated heterocycles. The van der Waals surface area contributed by atoms with Crippen LogP contribution < -0.4 is 4.90 Å². The molecule has 2 aromatic carbocycles. The number of nitrogens with zero attached hydrogens (tertiary/aromatic N) is 3. The highest BCUT2D eigenvalue weighted by molar-refractivity contribution is 7.99. The van der Waals surface area contributed by atoms with Crippen LogP contribution in [-0.4, -0.2) is 54.5 Å². The minimum atomic E-state index is 0.125. The van der Waals surface area contributed by atoms with Crippen LogP contribution in [0.15, 0.2) is 52.3 Å². The Morgan fingerprint density at radius 3 is 2.56 bits per heavy atom. The number of thioether (sulfide) groups is 2. The number of benzene rings is 2. The molecule has 3 aromatic rings. The van der Waals surface area contributed by atoms with Gasteiger partial charge < -0.3 is 9.80 Å². The van der Waals surface area contributed by atoms with Crippen LogP contribution in [0.2, 0.25) is 0 Å². The van der Waals surface area contributed by atoms with Gasteiger partial charge in [-0.3, -0.25) is 4.79 Å². The van der Waals surface area contributed by atoms with Gasteiger partial charge in [0.25, 0.3) is 5.91 Å². The molecule has 1 aliphatic rings. The molecule has 1 amide bonds. The summed E-state index contributed by atoms with van der Waals surface area (Å²) in [4.78, 5) is 24.3. The molecule has 0 N–H and O–H groups in total. The number of rotatable bonds is 4. The molecule has 1 aromatic heterocycles. The van der Waals surface area contributed by atoms with E-state index in [0.717, 1.165) is 47.3 Å². The first-order chi connectivity index (χ1) is 13.2. The Morgan fingerprint density at radius 2 is 1.81 bits per heavy atom. The first-order valence-corrected chi connectivity index (χ1v) is 12.1. The highest BCUT2D eigenvalue weighted by atomic mass is 32.2. The molecule has 0 aliphatic carbocycles. The molecule has 4 nitrogen and oxygen atoms in total. The van der Waals surface area contributed by atoms with E-state index in [1.54, 1.807) is 34.9 Å². The van der Waals surface area contributed by atoms with Gasteiger partial charge in [0.05, 0.1) is 10.2 Å². The molecule has 1 fully saturated rings. The van der Waals surface area contributed by atoms with Gasteiger partial charge in [-0.2, -0.15) is 0 Å². The van der Waals surface area contributed by atoms with Crippen LogP contribution in [0.25, 0.3) is 10.2 Å². The first kappa shape index (κ1) is 18.7. The number of thiazole rings is 1. The summed E-state index contributed by atoms with van der Waals surface area (Å²) in [7, 11) is 0. The number of carbonyl (C=O) groups is 1. The highest BCUT2D eigenvalue weighted by Crippen LogP contribution is 2.34. The maximum absolute atomic E-state index is 12.8. The zero-order valence-electron chi connectivity index (χ0n) is 15.3. The molecule has 27 heavy (non-hydrogen) atoms. The number of hydrogen-bond acceptors (Lipinski definition) is 6. The maximum atomic E-state index is 12.8. The van der Waals surface area contributed by atoms with Crippen molar-refractivity contribution in [3.05, 3.63) is 48.0 Å². The van der Waals surface area contributed by atoms with Crippen LogP contribution in [-0.2, 0) is 0 Å². The fraction of sp³-hybridized carbons (Fsp3) is 0.300. The second-order valence-corrected chi connectivity index (χ2v) is 9.05. The van der Waals surface area contributed by atoms with Gasteiger partial charge in [-0.05, 0) is 42.8 Å². The van der Waals surface area contributed by atoms with Gasteiger partial charge in [0.1, 0.15) is 0 Å². The lowest BCUT2D eigenvalue weighted by Crippen LogP contribution is -2.48. The van der Waals surface area contributed by atoms with Crippen molar-refractivity contribution in [1.82, 2.24) is 9.88 Å². The third-order valence-corrected chi connectivity index (χ3v) is 7.32. The van der Waals surface area contributed by atoms with E-state index in [-0.39, 0.29) is 5.91 Å². The fourth-order valence-corrected chi connectivity index (χ4v) is 5.38. The molecule has 0 unspecified atom stereocenters. The van der Waals surface area contributed by atoms with E-state index in [2.05, 4.69) is 29.4 Å². The summed E-state index contributed by atoms with van der Waals surface area (Å²) in [5.74, 6) is 0.125. The largest absolute Gasteiger partial charge is 0.345 e. The number of fused-ring (bicyclic) bond motifs is 1. The second kappa shape index (κ2) is 8.12. The van der Waals surface area contributed by atoms with Gasteiger partial charge in [0.15, 0.2) is 5.13 Å². The smallest absolute Gasteiger partial charge is 0.254 e. The van der Waals surface area contributed by atoms with E-state index < -0.39 is 0 Å². The Labute approximate surface area is 172 Å². The lowest BCUT2D eigenvalue weighted by molar-refractivity contribution is 0.0746. The lowest BCUT2D eigenvalue weighted by Gasteiger charge is -2.34. The number of anilines is 1. The summed E-state index contributed by atoms with van der Waals surface area (Å²) in [5, 5.41) is 1.06. The number of carbonyl (C=O) groups excluding carboxylic acids is 1. The Balaban J connectivity index is 1.46. The lowest BCUT2D eigenvalue weighted by atomic mass is 10.2. The van der Waals surface area contributed by atoms with Gasteiger partial charge in [0.2, 0.25) is 0 Å². The zero-order valence-corrected chi connectivity index (χ0v) is 17.8. The van der Waals surface area contributed by atoms with Crippen LogP contribution >= 0.6 is 34.9 Å². The molecule has 0 atom stereocenters. The van der Waals surface area contributed by atoms with Gasteiger partial charge in [0, 0.05) is 41.5 Å². The minimum Gasteiger partial charge on any atom is -0.345 e. The van der Waals surface area contributed by atoms with E-state index in [0.29, 0.717) is 0 Å². The quantitative estimate of drug-likeness (QED) is 0.577. The summed E-state index contributed by atoms with van der Waals surface area (Å²) in [6.07, 6.45) is 4.12. The van der Waals surface area contributed by atoms with Crippen LogP contribution in [0, 0.1) is 0 Å². The molecule has 4 rings (SSSR count). The Bertz CT molecular complexity index is 964. The fourth-order valence-electron chi connectivity index (χ4n) is 3.25. The van der Waals surface area contributed by atoms with Crippen LogP contribution in [0.3, 0.4) is 0 Å². The number of amides is 1. The second-order valence-electron chi connectivity index (χ2n) is 6.31. The summed E-state index contributed by atoms with van der Waals surface area (Å²) in [6.45, 7) is 3.10. The number of hydrogen-bond donors (Lipinski definition) is 0. The predicted octanol–water partition coefficient (Wildman–Crippen LogP) is 4.70. The van der Waals surface area contributed by atoms with Crippen molar-refractivity contribution in [3.8, 4) is 0 Å². The Hall–Kier alpha value is -1.70. The monoisotopic (exact) mass is 415 g/mol. The zero-order chi connectivity index (χ0) is 18.8. The van der Waals surface area contributed by atoms with Gasteiger partial charge >= 0.3 is 0 Å². The Kier molecular flexibility index (Phi) is 5.61. The summed E-state index contributed by atoms with van der Waals surface area (Å²) < 4.78 is 1.23. The summed E-state index contributed by atoms with van der Waals surface area (Å²) >= 11 is 5.14. The average molecular weight is 416 g/mol. The van der Waals surface area contributed by atoms with Crippen molar-refractivity contribution < 1.29 is 4.79 Å². The summed E-state index contributed by atoms with van der Waals surface area (Å²) in [6, 6.07) is 14.2. The highest BCUT2D eigenvalue weighted by Gasteiger charge is 2.24. The molecule has 2 heterocycles. The van der Waals surface area contributed by atoms with Gasteiger partial charge in [-0.1, -0.05) is 23.5 Å². The molecule has 0 radical (unpaired) electrons. The normalized spacial score (nSPS) is 14.7. The summed E-state index contributed by atoms with van der Waals surface area (Å²) in [5.41, 5.74) is 1.87. The van der Waals surface area contributed by atoms with E-state index in [4.69, 9.17) is 4.98 Å². The topological polar surface area (TPSA) is 36.4 Å². The van der Waals surface area contributed by atoms with Crippen molar-refractivity contribution in [2.75, 3.05) is 43.6 Å². The van der Waals surface area contributed by atoms with Crippen LogP contribution in [0.5, 0.6) is 0 Å². The third-order valence-electron chi connectivity index (χ3n) is 4.74. The molecular formula is C20H21N3OS3. The average Bonchev–Trinajstić information content (AvgIpc) is 3.18. The molecular weight excluding hydrogens is 394 g/mol. The third kappa shape index (κ3) is 3.81. The molecule has 0 spiro atoms. The SMILES string of the molecule is CSc1cccc(C(=O)N2CCN(c3nc4c(SC)cccc4s3)CC2)c1. The van der Waals surface area contributed by atoms with E-state index in [1.807, 2.05) is 35.4 Å². The van der Waals surface area contributed by atoms with Crippen LogP contribution in [0.4, 0.5) is 5.13 Å². The van der Waals surface area contributed by atoms with E-state index in [1.165, 1.54) is 9.60 Å². The van der Waals surface area contributed by atoms with Gasteiger partial charge in [-0.15, -0.1) is 23.5 Å². The molecule has 7 heteroatoms. The predicted molar refractivity (Wildman–Crippen MR) is 118 cm³/mol. The molecule has 0 saturated carbocycles. The van der Waals surface area contributed by atoms with E-state index >= 15 is 0 Å². The Morgan fingerprint density at radius 1 is 1.04 bits per heavy atom. The minimum absolute atomic E-state index is 0.125. The number of aromatic nitrogens is 1. The van der Waals surface area contributed by atoms with Crippen molar-refractivity contribution in [3.63, 3.8) is 0 Å². The van der Waals surface area contributed by atoms with E-state index in [9.17, 15) is 4.79 Å². The van der Waals surface area contributed by atoms with Crippen molar-refractivity contribution in [2.24, 2.45) is 0 Å². The first-order valence-electron chi connectivity index (χ1n) is 8.81. The van der Waals surface area contributed by atoms with Crippen molar-refractivity contribution >= 4 is 56.1 Å². The standard InChI is InChI=1S/C20H21N3OS3/c1-25-15-6-3-5-14(13-15)19(24)22-9-11-23(12-10-22)20-21-18-16(26-2)7-4-8-17(18)27-20/h3-8,13H,9-12H2,1-2H3. The van der Waals surface area contributed by atoms with Crippen molar-refractivity contribution in [2.45, 2.75) is 9.79 Å². The van der Waals surface area contributed by atoms with Gasteiger partial charge in [-0.25, -0.2) is 4.98 Å². The van der Waals surface area contributed by atoms with Crippen molar-refractivity contribution in [1.29, 1.82) is 0 Å². The number of para-hydroxylation sites is 1. The molecule has 0 bridgehead atoms. The molecule has 140 valence electrons.